The summed E-state index contributed by atoms with van der Waals surface area (Å²) >= 11 is -0.440. The van der Waals surface area contributed by atoms with E-state index >= 15 is 0 Å². The molecular formula is C11H16IN. The van der Waals surface area contributed by atoms with Crippen molar-refractivity contribution in [3.8, 4) is 0 Å². The predicted octanol–water partition coefficient (Wildman–Crippen LogP) is 3.10. The molecule has 0 atom stereocenters. The van der Waals surface area contributed by atoms with Crippen molar-refractivity contribution in [3.05, 3.63) is 30.1 Å². The molecule has 0 N–H and O–H groups in total. The summed E-state index contributed by atoms with van der Waals surface area (Å²) in [4.78, 5) is 6.96. The van der Waals surface area contributed by atoms with Crippen molar-refractivity contribution in [1.82, 2.24) is 4.98 Å². The Labute approximate surface area is 87.3 Å². The number of nitrogens with zero attached hydrogens (tertiary/aromatic N) is 1. The van der Waals surface area contributed by atoms with Crippen LogP contribution in [0.4, 0.5) is 0 Å². The Bertz CT molecular complexity index is 252. The van der Waals surface area contributed by atoms with Gasteiger partial charge in [-0.2, -0.15) is 0 Å². The Morgan fingerprint density at radius 1 is 1.31 bits per heavy atom. The third-order valence-electron chi connectivity index (χ3n) is 2.67. The molecule has 0 amide bonds. The van der Waals surface area contributed by atoms with Crippen LogP contribution >= 0.6 is 19.8 Å². The van der Waals surface area contributed by atoms with Crippen LogP contribution in [0.15, 0.2) is 24.4 Å². The van der Waals surface area contributed by atoms with E-state index in [0.717, 1.165) is 5.92 Å². The molecule has 0 bridgehead atoms. The summed E-state index contributed by atoms with van der Waals surface area (Å²) in [6.45, 7) is 0. The molecule has 13 heavy (non-hydrogen) atoms. The van der Waals surface area contributed by atoms with Crippen LogP contribution in [0, 0.1) is 0 Å². The van der Waals surface area contributed by atoms with Crippen LogP contribution in [0.3, 0.4) is 0 Å². The maximum absolute atomic E-state index is 4.44. The van der Waals surface area contributed by atoms with Crippen LogP contribution in [-0.2, 0) is 0 Å². The van der Waals surface area contributed by atoms with Crippen molar-refractivity contribution in [2.45, 2.75) is 18.8 Å². The average Bonchev–Trinajstić information content (AvgIpc) is 2.20. The molecule has 1 aliphatic heterocycles. The van der Waals surface area contributed by atoms with E-state index in [-0.39, 0.29) is 0 Å². The Balaban J connectivity index is 2.03. The molecule has 0 aromatic carbocycles. The van der Waals surface area contributed by atoms with Gasteiger partial charge in [-0.25, -0.2) is 0 Å². The first kappa shape index (κ1) is 9.44. The Morgan fingerprint density at radius 2 is 2.08 bits per heavy atom. The van der Waals surface area contributed by atoms with E-state index < -0.39 is 19.8 Å². The molecule has 0 saturated carbocycles. The van der Waals surface area contributed by atoms with Crippen molar-refractivity contribution < 1.29 is 0 Å². The molecule has 1 fully saturated rings. The van der Waals surface area contributed by atoms with Gasteiger partial charge in [0.2, 0.25) is 0 Å². The Kier molecular flexibility index (Phi) is 3.19. The number of alkyl halides is 3. The molecule has 1 aromatic rings. The molecule has 0 spiro atoms. The minimum atomic E-state index is -0.440. The summed E-state index contributed by atoms with van der Waals surface area (Å²) in [5.74, 6) is 0.773. The van der Waals surface area contributed by atoms with Crippen molar-refractivity contribution >= 4 is 19.8 Å². The molecule has 1 nitrogen and oxygen atoms in total. The second-order valence-electron chi connectivity index (χ2n) is 3.63. The molecule has 1 saturated heterocycles. The van der Waals surface area contributed by atoms with Gasteiger partial charge in [0.15, 0.2) is 0 Å². The van der Waals surface area contributed by atoms with Crippen LogP contribution in [0.1, 0.15) is 24.5 Å². The second kappa shape index (κ2) is 4.40. The van der Waals surface area contributed by atoms with Crippen LogP contribution in [-0.4, -0.2) is 18.8 Å². The first-order valence-electron chi connectivity index (χ1n) is 4.79. The van der Waals surface area contributed by atoms with Gasteiger partial charge in [0.25, 0.3) is 0 Å². The predicted molar refractivity (Wildman–Crippen MR) is 65.9 cm³/mol. The van der Waals surface area contributed by atoms with Gasteiger partial charge in [-0.05, 0) is 0 Å². The number of hydrogen-bond donors (Lipinski definition) is 0. The van der Waals surface area contributed by atoms with Gasteiger partial charge in [0.1, 0.15) is 0 Å². The van der Waals surface area contributed by atoms with E-state index in [1.807, 2.05) is 12.3 Å². The Hall–Kier alpha value is -0.120. The summed E-state index contributed by atoms with van der Waals surface area (Å²) in [5.41, 5.74) is 1.33. The van der Waals surface area contributed by atoms with E-state index in [0.29, 0.717) is 0 Å². The fourth-order valence-corrected chi connectivity index (χ4v) is 5.96. The molecule has 0 radical (unpaired) electrons. The standard InChI is InChI=1S/C11H16IN/c1-12-7-5-10(6-8-12)11-4-2-3-9-13-11/h2-4,9-10H,5-8H2,1H3. The molecule has 2 rings (SSSR count). The van der Waals surface area contributed by atoms with Gasteiger partial charge in [-0.15, -0.1) is 0 Å². The van der Waals surface area contributed by atoms with Gasteiger partial charge < -0.3 is 0 Å². The van der Waals surface area contributed by atoms with Gasteiger partial charge in [0, 0.05) is 0 Å². The molecule has 2 heteroatoms. The van der Waals surface area contributed by atoms with Gasteiger partial charge in [-0.1, -0.05) is 0 Å². The zero-order valence-corrected chi connectivity index (χ0v) is 10.2. The summed E-state index contributed by atoms with van der Waals surface area (Å²) in [6.07, 6.45) is 4.73. The molecule has 72 valence electrons. The zero-order valence-electron chi connectivity index (χ0n) is 8.04. The third kappa shape index (κ3) is 2.42. The van der Waals surface area contributed by atoms with Crippen molar-refractivity contribution in [1.29, 1.82) is 0 Å². The van der Waals surface area contributed by atoms with Gasteiger partial charge >= 0.3 is 87.4 Å². The summed E-state index contributed by atoms with van der Waals surface area (Å²) in [6, 6.07) is 6.30. The number of aromatic nitrogens is 1. The van der Waals surface area contributed by atoms with Crippen molar-refractivity contribution in [2.24, 2.45) is 0 Å². The van der Waals surface area contributed by atoms with Crippen LogP contribution in [0.5, 0.6) is 0 Å². The van der Waals surface area contributed by atoms with E-state index in [4.69, 9.17) is 0 Å². The van der Waals surface area contributed by atoms with Crippen LogP contribution in [0.25, 0.3) is 0 Å². The zero-order chi connectivity index (χ0) is 9.10. The summed E-state index contributed by atoms with van der Waals surface area (Å²) < 4.78 is 3.07. The first-order valence-corrected chi connectivity index (χ1v) is 10.00. The molecule has 0 unspecified atom stereocenters. The van der Waals surface area contributed by atoms with Crippen molar-refractivity contribution in [2.75, 3.05) is 13.8 Å². The van der Waals surface area contributed by atoms with E-state index in [9.17, 15) is 0 Å². The number of hydrogen-bond acceptors (Lipinski definition) is 1. The molecule has 2 heterocycles. The van der Waals surface area contributed by atoms with Crippen LogP contribution in [0.2, 0.25) is 0 Å². The van der Waals surface area contributed by atoms with E-state index in [1.165, 1.54) is 27.4 Å². The molecular weight excluding hydrogens is 273 g/mol. The van der Waals surface area contributed by atoms with Gasteiger partial charge in [-0.3, -0.25) is 0 Å². The van der Waals surface area contributed by atoms with E-state index in [2.05, 4.69) is 22.0 Å². The van der Waals surface area contributed by atoms with Gasteiger partial charge in [0.05, 0.1) is 0 Å². The number of rotatable bonds is 1. The normalized spacial score (nSPS) is 21.8. The fraction of sp³-hybridized carbons (Fsp3) is 0.545. The van der Waals surface area contributed by atoms with Crippen LogP contribution < -0.4 is 0 Å². The maximum atomic E-state index is 4.44. The molecule has 1 aromatic heterocycles. The molecule has 0 aliphatic carbocycles. The fourth-order valence-electron chi connectivity index (χ4n) is 1.79. The SMILES string of the molecule is CI1CCC(c2ccccn2)CC1. The first-order chi connectivity index (χ1) is 6.36. The summed E-state index contributed by atoms with van der Waals surface area (Å²) in [7, 11) is 0. The molecule has 1 aliphatic rings. The third-order valence-corrected chi connectivity index (χ3v) is 7.60. The second-order valence-corrected chi connectivity index (χ2v) is 9.92. The van der Waals surface area contributed by atoms with Crippen molar-refractivity contribution in [3.63, 3.8) is 0 Å². The average molecular weight is 289 g/mol. The monoisotopic (exact) mass is 289 g/mol. The quantitative estimate of drug-likeness (QED) is 0.572. The topological polar surface area (TPSA) is 12.9 Å². The minimum absolute atomic E-state index is 0.440. The van der Waals surface area contributed by atoms with E-state index in [1.54, 1.807) is 0 Å². The number of halogens is 1. The number of pyridine rings is 1. The Morgan fingerprint density at radius 3 is 2.69 bits per heavy atom. The summed E-state index contributed by atoms with van der Waals surface area (Å²) in [5, 5.41) is 0.